The number of carbonyl (C=O) groups is 2. The Bertz CT molecular complexity index is 493. The molecule has 1 amide bonds. The molecule has 114 valence electrons. The molecule has 1 aliphatic carbocycles. The lowest BCUT2D eigenvalue weighted by molar-refractivity contribution is 0.0689. The maximum Gasteiger partial charge on any atom is 0.356 e. The number of hydrogen-bond acceptors (Lipinski definition) is 4. The Morgan fingerprint density at radius 1 is 1.14 bits per heavy atom. The van der Waals surface area contributed by atoms with Crippen LogP contribution in [0.5, 0.6) is 0 Å². The van der Waals surface area contributed by atoms with Gasteiger partial charge >= 0.3 is 5.97 Å². The van der Waals surface area contributed by atoms with Crippen molar-refractivity contribution >= 4 is 11.9 Å². The van der Waals surface area contributed by atoms with Crippen LogP contribution in [-0.2, 0) is 0 Å². The summed E-state index contributed by atoms with van der Waals surface area (Å²) in [6.45, 7) is 2.88. The van der Waals surface area contributed by atoms with Gasteiger partial charge in [-0.3, -0.25) is 4.79 Å². The molecule has 0 atom stereocenters. The van der Waals surface area contributed by atoms with Gasteiger partial charge in [-0.05, 0) is 24.7 Å². The molecule has 2 rings (SSSR count). The quantitative estimate of drug-likeness (QED) is 0.867. The first-order chi connectivity index (χ1) is 10.1. The van der Waals surface area contributed by atoms with Gasteiger partial charge in [-0.1, -0.05) is 26.2 Å². The second kappa shape index (κ2) is 7.15. The van der Waals surface area contributed by atoms with Crippen molar-refractivity contribution in [1.82, 2.24) is 15.3 Å². The first kappa shape index (κ1) is 15.4. The van der Waals surface area contributed by atoms with Crippen LogP contribution in [0.15, 0.2) is 12.4 Å². The van der Waals surface area contributed by atoms with E-state index in [1.807, 2.05) is 0 Å². The van der Waals surface area contributed by atoms with Crippen molar-refractivity contribution in [2.24, 2.45) is 11.8 Å². The van der Waals surface area contributed by atoms with Crippen LogP contribution in [0.3, 0.4) is 0 Å². The van der Waals surface area contributed by atoms with E-state index in [0.29, 0.717) is 12.5 Å². The van der Waals surface area contributed by atoms with E-state index in [4.69, 9.17) is 5.11 Å². The Morgan fingerprint density at radius 2 is 1.71 bits per heavy atom. The second-order valence-corrected chi connectivity index (χ2v) is 5.60. The number of carboxylic acid groups (broad SMARTS) is 1. The van der Waals surface area contributed by atoms with Gasteiger partial charge in [0.2, 0.25) is 0 Å². The van der Waals surface area contributed by atoms with Crippen LogP contribution >= 0.6 is 0 Å². The van der Waals surface area contributed by atoms with E-state index >= 15 is 0 Å². The number of carbonyl (C=O) groups excluding carboxylic acids is 1. The normalized spacial score (nSPS) is 21.8. The lowest BCUT2D eigenvalue weighted by atomic mass is 9.81. The number of nitrogens with one attached hydrogen (secondary N) is 1. The standard InChI is InChI=1S/C15H21N3O3/c1-2-10-3-5-11(6-4-10)7-18-14(19)12-8-17-13(9-16-12)15(20)21/h8-11H,2-7H2,1H3,(H,18,19)(H,20,21). The summed E-state index contributed by atoms with van der Waals surface area (Å²) in [4.78, 5) is 30.1. The summed E-state index contributed by atoms with van der Waals surface area (Å²) in [5.74, 6) is -0.0754. The molecule has 0 aromatic carbocycles. The zero-order valence-electron chi connectivity index (χ0n) is 12.2. The Balaban J connectivity index is 1.80. The number of rotatable bonds is 5. The molecule has 1 aromatic heterocycles. The fraction of sp³-hybridized carbons (Fsp3) is 0.600. The van der Waals surface area contributed by atoms with Crippen LogP contribution in [0.1, 0.15) is 60.0 Å². The average molecular weight is 291 g/mol. The van der Waals surface area contributed by atoms with E-state index < -0.39 is 5.97 Å². The Morgan fingerprint density at radius 3 is 2.24 bits per heavy atom. The maximum absolute atomic E-state index is 11.9. The Hall–Kier alpha value is -1.98. The molecule has 0 aliphatic heterocycles. The van der Waals surface area contributed by atoms with E-state index in [2.05, 4.69) is 22.2 Å². The molecule has 1 aromatic rings. The highest BCUT2D eigenvalue weighted by Crippen LogP contribution is 2.30. The predicted octanol–water partition coefficient (Wildman–Crippen LogP) is 2.12. The smallest absolute Gasteiger partial charge is 0.356 e. The Kier molecular flexibility index (Phi) is 5.25. The molecule has 0 spiro atoms. The van der Waals surface area contributed by atoms with Gasteiger partial charge in [0.15, 0.2) is 5.69 Å². The summed E-state index contributed by atoms with van der Waals surface area (Å²) in [5.41, 5.74) is -0.00770. The molecule has 1 saturated carbocycles. The molecule has 2 N–H and O–H groups in total. The minimum Gasteiger partial charge on any atom is -0.476 e. The van der Waals surface area contributed by atoms with Crippen LogP contribution in [-0.4, -0.2) is 33.5 Å². The third-order valence-corrected chi connectivity index (χ3v) is 4.20. The van der Waals surface area contributed by atoms with E-state index in [0.717, 1.165) is 25.0 Å². The van der Waals surface area contributed by atoms with Crippen molar-refractivity contribution < 1.29 is 14.7 Å². The summed E-state index contributed by atoms with van der Waals surface area (Å²) in [6.07, 6.45) is 8.33. The lowest BCUT2D eigenvalue weighted by Crippen LogP contribution is -2.32. The van der Waals surface area contributed by atoms with Crippen molar-refractivity contribution in [2.45, 2.75) is 39.0 Å². The van der Waals surface area contributed by atoms with E-state index in [-0.39, 0.29) is 17.3 Å². The molecule has 1 aliphatic rings. The molecule has 1 heterocycles. The molecule has 0 radical (unpaired) electrons. The molecule has 1 fully saturated rings. The maximum atomic E-state index is 11.9. The van der Waals surface area contributed by atoms with Gasteiger partial charge in [0, 0.05) is 6.54 Å². The highest BCUT2D eigenvalue weighted by Gasteiger charge is 2.20. The van der Waals surface area contributed by atoms with Crippen molar-refractivity contribution in [2.75, 3.05) is 6.54 Å². The van der Waals surface area contributed by atoms with Crippen molar-refractivity contribution in [1.29, 1.82) is 0 Å². The van der Waals surface area contributed by atoms with Crippen LogP contribution in [0, 0.1) is 11.8 Å². The zero-order chi connectivity index (χ0) is 15.2. The number of aromatic carboxylic acids is 1. The van der Waals surface area contributed by atoms with Gasteiger partial charge in [-0.15, -0.1) is 0 Å². The molecule has 0 unspecified atom stereocenters. The minimum absolute atomic E-state index is 0.155. The third kappa shape index (κ3) is 4.24. The van der Waals surface area contributed by atoms with Gasteiger partial charge in [-0.2, -0.15) is 0 Å². The van der Waals surface area contributed by atoms with Gasteiger partial charge in [-0.25, -0.2) is 14.8 Å². The summed E-state index contributed by atoms with van der Waals surface area (Å²) in [6, 6.07) is 0. The van der Waals surface area contributed by atoms with E-state index in [1.54, 1.807) is 0 Å². The SMILES string of the molecule is CCC1CCC(CNC(=O)c2cnc(C(=O)O)cn2)CC1. The number of amides is 1. The second-order valence-electron chi connectivity index (χ2n) is 5.60. The zero-order valence-corrected chi connectivity index (χ0v) is 12.2. The van der Waals surface area contributed by atoms with Gasteiger partial charge < -0.3 is 10.4 Å². The van der Waals surface area contributed by atoms with Crippen LogP contribution in [0.25, 0.3) is 0 Å². The summed E-state index contributed by atoms with van der Waals surface area (Å²) < 4.78 is 0. The van der Waals surface area contributed by atoms with Crippen molar-refractivity contribution in [3.8, 4) is 0 Å². The number of aromatic nitrogens is 2. The molecular weight excluding hydrogens is 270 g/mol. The largest absolute Gasteiger partial charge is 0.476 e. The van der Waals surface area contributed by atoms with Gasteiger partial charge in [0.1, 0.15) is 5.69 Å². The fourth-order valence-corrected chi connectivity index (χ4v) is 2.73. The first-order valence-electron chi connectivity index (χ1n) is 7.43. The van der Waals surface area contributed by atoms with Gasteiger partial charge in [0.05, 0.1) is 12.4 Å². The Labute approximate surface area is 124 Å². The monoisotopic (exact) mass is 291 g/mol. The first-order valence-corrected chi connectivity index (χ1v) is 7.43. The number of nitrogens with zero attached hydrogens (tertiary/aromatic N) is 2. The van der Waals surface area contributed by atoms with Crippen LogP contribution < -0.4 is 5.32 Å². The molecule has 0 saturated heterocycles. The van der Waals surface area contributed by atoms with E-state index in [1.165, 1.54) is 25.5 Å². The van der Waals surface area contributed by atoms with Gasteiger partial charge in [0.25, 0.3) is 5.91 Å². The molecule has 6 nitrogen and oxygen atoms in total. The topological polar surface area (TPSA) is 92.2 Å². The highest BCUT2D eigenvalue weighted by atomic mass is 16.4. The average Bonchev–Trinajstić information content (AvgIpc) is 2.53. The van der Waals surface area contributed by atoms with Crippen molar-refractivity contribution in [3.05, 3.63) is 23.8 Å². The molecule has 21 heavy (non-hydrogen) atoms. The highest BCUT2D eigenvalue weighted by molar-refractivity contribution is 5.92. The molecular formula is C15H21N3O3. The molecule has 0 bridgehead atoms. The van der Waals surface area contributed by atoms with Crippen molar-refractivity contribution in [3.63, 3.8) is 0 Å². The van der Waals surface area contributed by atoms with E-state index in [9.17, 15) is 9.59 Å². The summed E-state index contributed by atoms with van der Waals surface area (Å²) >= 11 is 0. The summed E-state index contributed by atoms with van der Waals surface area (Å²) in [7, 11) is 0. The number of hydrogen-bond donors (Lipinski definition) is 2. The fourth-order valence-electron chi connectivity index (χ4n) is 2.73. The number of carboxylic acids is 1. The van der Waals surface area contributed by atoms with Crippen LogP contribution in [0.4, 0.5) is 0 Å². The third-order valence-electron chi connectivity index (χ3n) is 4.20. The summed E-state index contributed by atoms with van der Waals surface area (Å²) in [5, 5.41) is 11.6. The predicted molar refractivity (Wildman–Crippen MR) is 77.1 cm³/mol. The molecule has 6 heteroatoms. The van der Waals surface area contributed by atoms with Crippen LogP contribution in [0.2, 0.25) is 0 Å². The lowest BCUT2D eigenvalue weighted by Gasteiger charge is -2.27. The minimum atomic E-state index is -1.15.